The molecule has 0 saturated heterocycles. The van der Waals surface area contributed by atoms with E-state index < -0.39 is 17.3 Å². The minimum atomic E-state index is -0.846. The molecular formula is C13H12ClF2N3. The number of anilines is 1. The van der Waals surface area contributed by atoms with E-state index in [2.05, 4.69) is 4.99 Å². The van der Waals surface area contributed by atoms with Gasteiger partial charge in [-0.15, -0.1) is 0 Å². The van der Waals surface area contributed by atoms with Gasteiger partial charge >= 0.3 is 0 Å². The molecule has 0 bridgehead atoms. The molecule has 1 unspecified atom stereocenters. The largest absolute Gasteiger partial charge is 0.326 e. The Kier molecular flexibility index (Phi) is 2.93. The number of hydrogen-bond donors (Lipinski definition) is 0. The highest BCUT2D eigenvalue weighted by Crippen LogP contribution is 2.35. The average molecular weight is 284 g/mol. The topological polar surface area (TPSA) is 18.8 Å². The lowest BCUT2D eigenvalue weighted by Crippen LogP contribution is -2.36. The first-order valence-corrected chi connectivity index (χ1v) is 6.38. The first-order chi connectivity index (χ1) is 9.09. The summed E-state index contributed by atoms with van der Waals surface area (Å²) in [7, 11) is 1.79. The second-order valence-corrected chi connectivity index (χ2v) is 4.91. The van der Waals surface area contributed by atoms with Gasteiger partial charge in [0.05, 0.1) is 5.69 Å². The van der Waals surface area contributed by atoms with E-state index >= 15 is 0 Å². The molecule has 0 aliphatic carbocycles. The zero-order valence-electron chi connectivity index (χ0n) is 10.3. The van der Waals surface area contributed by atoms with E-state index in [-0.39, 0.29) is 5.69 Å². The van der Waals surface area contributed by atoms with Crippen molar-refractivity contribution in [2.24, 2.45) is 4.99 Å². The normalized spacial score (nSPS) is 22.2. The number of hydrogen-bond acceptors (Lipinski definition) is 3. The van der Waals surface area contributed by atoms with Gasteiger partial charge in [0.15, 0.2) is 17.3 Å². The summed E-state index contributed by atoms with van der Waals surface area (Å²) < 4.78 is 27.3. The smallest absolute Gasteiger partial charge is 0.198 e. The highest BCUT2D eigenvalue weighted by atomic mass is 35.5. The first-order valence-electron chi connectivity index (χ1n) is 5.94. The molecule has 0 saturated carbocycles. The van der Waals surface area contributed by atoms with Crippen LogP contribution in [0.5, 0.6) is 0 Å². The Hall–Kier alpha value is -1.62. The van der Waals surface area contributed by atoms with Crippen LogP contribution in [0.25, 0.3) is 0 Å². The van der Waals surface area contributed by atoms with Crippen molar-refractivity contribution in [3.63, 3.8) is 0 Å². The van der Waals surface area contributed by atoms with Gasteiger partial charge in [-0.3, -0.25) is 4.99 Å². The molecule has 100 valence electrons. The lowest BCUT2D eigenvalue weighted by molar-refractivity contribution is 0.380. The van der Waals surface area contributed by atoms with Crippen molar-refractivity contribution in [3.05, 3.63) is 41.2 Å². The first kappa shape index (κ1) is 12.4. The summed E-state index contributed by atoms with van der Waals surface area (Å²) in [5.74, 6) is -0.890. The van der Waals surface area contributed by atoms with Crippen molar-refractivity contribution >= 4 is 23.5 Å². The standard InChI is InChI=1S/C13H12ClF2N3/c1-18-12-8(7-17-13(18)14)5-6-19(12)10-4-2-3-9(15)11(10)16/h2-4,7,13H,5-6H2,1H3. The van der Waals surface area contributed by atoms with Crippen LogP contribution in [0.15, 0.2) is 34.6 Å². The van der Waals surface area contributed by atoms with E-state index in [1.165, 1.54) is 6.07 Å². The number of rotatable bonds is 1. The molecule has 2 heterocycles. The monoisotopic (exact) mass is 283 g/mol. The summed E-state index contributed by atoms with van der Waals surface area (Å²) in [4.78, 5) is 7.64. The predicted molar refractivity (Wildman–Crippen MR) is 71.2 cm³/mol. The van der Waals surface area contributed by atoms with Crippen LogP contribution in [-0.2, 0) is 0 Å². The van der Waals surface area contributed by atoms with E-state index in [0.29, 0.717) is 6.54 Å². The maximum atomic E-state index is 13.9. The van der Waals surface area contributed by atoms with Crippen molar-refractivity contribution < 1.29 is 8.78 Å². The van der Waals surface area contributed by atoms with E-state index in [9.17, 15) is 8.78 Å². The highest BCUT2D eigenvalue weighted by Gasteiger charge is 2.32. The zero-order valence-corrected chi connectivity index (χ0v) is 11.0. The van der Waals surface area contributed by atoms with Crippen molar-refractivity contribution in [2.45, 2.75) is 12.0 Å². The minimum absolute atomic E-state index is 0.232. The van der Waals surface area contributed by atoms with Crippen LogP contribution in [0.3, 0.4) is 0 Å². The fourth-order valence-corrected chi connectivity index (χ4v) is 2.60. The molecule has 2 aliphatic rings. The number of benzene rings is 1. The van der Waals surface area contributed by atoms with Gasteiger partial charge in [-0.25, -0.2) is 8.78 Å². The van der Waals surface area contributed by atoms with Gasteiger partial charge in [-0.05, 0) is 18.6 Å². The van der Waals surface area contributed by atoms with Crippen LogP contribution in [0.4, 0.5) is 14.5 Å². The molecule has 6 heteroatoms. The van der Waals surface area contributed by atoms with Gasteiger partial charge in [0.2, 0.25) is 0 Å². The van der Waals surface area contributed by atoms with Crippen LogP contribution >= 0.6 is 11.6 Å². The second-order valence-electron chi connectivity index (χ2n) is 4.52. The van der Waals surface area contributed by atoms with Crippen LogP contribution < -0.4 is 4.90 Å². The number of nitrogens with zero attached hydrogens (tertiary/aromatic N) is 3. The van der Waals surface area contributed by atoms with Gasteiger partial charge in [0.1, 0.15) is 5.82 Å². The van der Waals surface area contributed by atoms with Gasteiger partial charge in [-0.1, -0.05) is 17.7 Å². The van der Waals surface area contributed by atoms with E-state index in [4.69, 9.17) is 11.6 Å². The lowest BCUT2D eigenvalue weighted by Gasteiger charge is -2.33. The minimum Gasteiger partial charge on any atom is -0.326 e. The van der Waals surface area contributed by atoms with Crippen LogP contribution in [0.2, 0.25) is 0 Å². The Bertz CT molecular complexity index is 585. The fourth-order valence-electron chi connectivity index (χ4n) is 2.45. The highest BCUT2D eigenvalue weighted by molar-refractivity contribution is 6.21. The van der Waals surface area contributed by atoms with Gasteiger partial charge in [-0.2, -0.15) is 0 Å². The summed E-state index contributed by atoms with van der Waals surface area (Å²) in [6, 6.07) is 4.18. The quantitative estimate of drug-likeness (QED) is 0.583. The van der Waals surface area contributed by atoms with Crippen LogP contribution in [0, 0.1) is 11.6 Å². The molecular weight excluding hydrogens is 272 g/mol. The Labute approximate surface area is 114 Å². The van der Waals surface area contributed by atoms with Crippen LogP contribution in [-0.4, -0.2) is 30.3 Å². The second kappa shape index (κ2) is 4.49. The van der Waals surface area contributed by atoms with E-state index in [0.717, 1.165) is 23.9 Å². The third-order valence-electron chi connectivity index (χ3n) is 3.38. The van der Waals surface area contributed by atoms with Gasteiger partial charge in [0, 0.05) is 25.4 Å². The summed E-state index contributed by atoms with van der Waals surface area (Å²) >= 11 is 6.06. The maximum Gasteiger partial charge on any atom is 0.198 e. The fraction of sp³-hybridized carbons (Fsp3) is 0.308. The molecule has 1 atom stereocenters. The molecule has 0 aromatic heterocycles. The number of halogens is 3. The van der Waals surface area contributed by atoms with Crippen molar-refractivity contribution in [1.82, 2.24) is 4.90 Å². The average Bonchev–Trinajstić information content (AvgIpc) is 2.82. The summed E-state index contributed by atoms with van der Waals surface area (Å²) in [6.45, 7) is 0.588. The van der Waals surface area contributed by atoms with Crippen molar-refractivity contribution in [3.8, 4) is 0 Å². The molecule has 1 aromatic carbocycles. The summed E-state index contributed by atoms with van der Waals surface area (Å²) in [5.41, 5.74) is 0.704. The third kappa shape index (κ3) is 1.89. The Morgan fingerprint density at radius 1 is 1.37 bits per heavy atom. The molecule has 0 spiro atoms. The molecule has 3 rings (SSSR count). The third-order valence-corrected chi connectivity index (χ3v) is 3.78. The molecule has 0 radical (unpaired) electrons. The molecule has 0 amide bonds. The van der Waals surface area contributed by atoms with Crippen LogP contribution in [0.1, 0.15) is 6.42 Å². The maximum absolute atomic E-state index is 13.9. The molecule has 3 nitrogen and oxygen atoms in total. The summed E-state index contributed by atoms with van der Waals surface area (Å²) in [6.07, 6.45) is 2.45. The SMILES string of the molecule is CN1C2=C(C=NC1Cl)CCN2c1cccc(F)c1F. The number of alkyl halides is 1. The van der Waals surface area contributed by atoms with E-state index in [1.807, 2.05) is 0 Å². The molecule has 2 aliphatic heterocycles. The zero-order chi connectivity index (χ0) is 13.6. The van der Waals surface area contributed by atoms with E-state index in [1.54, 1.807) is 29.1 Å². The number of aliphatic imine (C=N–C) groups is 1. The Morgan fingerprint density at radius 3 is 2.95 bits per heavy atom. The van der Waals surface area contributed by atoms with Gasteiger partial charge in [0.25, 0.3) is 0 Å². The molecule has 0 N–H and O–H groups in total. The Balaban J connectivity index is 2.05. The molecule has 19 heavy (non-hydrogen) atoms. The Morgan fingerprint density at radius 2 is 2.16 bits per heavy atom. The van der Waals surface area contributed by atoms with Crippen molar-refractivity contribution in [1.29, 1.82) is 0 Å². The summed E-state index contributed by atoms with van der Waals surface area (Å²) in [5, 5.41) is 0. The van der Waals surface area contributed by atoms with Crippen molar-refractivity contribution in [2.75, 3.05) is 18.5 Å². The molecule has 0 fully saturated rings. The van der Waals surface area contributed by atoms with Gasteiger partial charge < -0.3 is 9.80 Å². The predicted octanol–water partition coefficient (Wildman–Crippen LogP) is 2.93. The molecule has 1 aromatic rings. The lowest BCUT2D eigenvalue weighted by atomic mass is 10.2.